The molecule has 3 heterocycles. The monoisotopic (exact) mass is 289 g/mol. The van der Waals surface area contributed by atoms with Crippen molar-refractivity contribution in [1.29, 1.82) is 0 Å². The van der Waals surface area contributed by atoms with Crippen molar-refractivity contribution in [2.45, 2.75) is 18.8 Å². The quantitative estimate of drug-likeness (QED) is 0.822. The lowest BCUT2D eigenvalue weighted by Crippen LogP contribution is -2.36. The highest BCUT2D eigenvalue weighted by Crippen LogP contribution is 2.26. The first-order valence-corrected chi connectivity index (χ1v) is 7.20. The SMILES string of the molecule is COCCN1CCC[C@@H](c2nc(-c3cccnn3)no2)C1. The van der Waals surface area contributed by atoms with Crippen LogP contribution < -0.4 is 0 Å². The van der Waals surface area contributed by atoms with E-state index >= 15 is 0 Å². The van der Waals surface area contributed by atoms with Crippen LogP contribution in [-0.2, 0) is 4.74 Å². The second-order valence-corrected chi connectivity index (χ2v) is 5.20. The zero-order valence-corrected chi connectivity index (χ0v) is 12.1. The molecule has 0 saturated carbocycles. The van der Waals surface area contributed by atoms with E-state index in [1.54, 1.807) is 13.3 Å². The van der Waals surface area contributed by atoms with Crippen molar-refractivity contribution < 1.29 is 9.26 Å². The van der Waals surface area contributed by atoms with Gasteiger partial charge in [-0.2, -0.15) is 10.1 Å². The first kappa shape index (κ1) is 14.1. The number of aromatic nitrogens is 4. The molecule has 3 rings (SSSR count). The highest BCUT2D eigenvalue weighted by molar-refractivity contribution is 5.46. The minimum atomic E-state index is 0.286. The van der Waals surface area contributed by atoms with Gasteiger partial charge in [-0.3, -0.25) is 0 Å². The zero-order chi connectivity index (χ0) is 14.5. The Morgan fingerprint density at radius 2 is 2.43 bits per heavy atom. The van der Waals surface area contributed by atoms with E-state index in [-0.39, 0.29) is 5.92 Å². The highest BCUT2D eigenvalue weighted by Gasteiger charge is 2.26. The summed E-state index contributed by atoms with van der Waals surface area (Å²) in [6.07, 6.45) is 3.84. The average molecular weight is 289 g/mol. The molecule has 112 valence electrons. The number of nitrogens with zero attached hydrogens (tertiary/aromatic N) is 5. The van der Waals surface area contributed by atoms with E-state index < -0.39 is 0 Å². The Kier molecular flexibility index (Phi) is 4.52. The second-order valence-electron chi connectivity index (χ2n) is 5.20. The highest BCUT2D eigenvalue weighted by atomic mass is 16.5. The van der Waals surface area contributed by atoms with E-state index in [0.29, 0.717) is 17.4 Å². The summed E-state index contributed by atoms with van der Waals surface area (Å²) in [5, 5.41) is 11.9. The van der Waals surface area contributed by atoms with Gasteiger partial charge in [0, 0.05) is 26.4 Å². The molecule has 2 aromatic heterocycles. The van der Waals surface area contributed by atoms with Crippen LogP contribution >= 0.6 is 0 Å². The Bertz CT molecular complexity index is 560. The molecule has 0 amide bonds. The summed E-state index contributed by atoms with van der Waals surface area (Å²) in [5.41, 5.74) is 0.638. The molecule has 1 fully saturated rings. The van der Waals surface area contributed by atoms with Crippen LogP contribution in [0, 0.1) is 0 Å². The number of ether oxygens (including phenoxy) is 1. The predicted molar refractivity (Wildman–Crippen MR) is 75.6 cm³/mol. The van der Waals surface area contributed by atoms with E-state index in [9.17, 15) is 0 Å². The number of hydrogen-bond donors (Lipinski definition) is 0. The summed E-state index contributed by atoms with van der Waals surface area (Å²) in [5.74, 6) is 1.48. The van der Waals surface area contributed by atoms with Gasteiger partial charge in [-0.05, 0) is 31.5 Å². The maximum Gasteiger partial charge on any atom is 0.231 e. The lowest BCUT2D eigenvalue weighted by atomic mass is 9.98. The summed E-state index contributed by atoms with van der Waals surface area (Å²) < 4.78 is 10.6. The van der Waals surface area contributed by atoms with Crippen LogP contribution in [0.5, 0.6) is 0 Å². The Morgan fingerprint density at radius 1 is 1.48 bits per heavy atom. The molecule has 0 N–H and O–H groups in total. The molecule has 2 aromatic rings. The van der Waals surface area contributed by atoms with Crippen molar-refractivity contribution in [3.63, 3.8) is 0 Å². The van der Waals surface area contributed by atoms with Crippen LogP contribution in [-0.4, -0.2) is 58.6 Å². The van der Waals surface area contributed by atoms with Crippen molar-refractivity contribution in [3.8, 4) is 11.5 Å². The number of hydrogen-bond acceptors (Lipinski definition) is 7. The van der Waals surface area contributed by atoms with Gasteiger partial charge in [-0.15, -0.1) is 5.10 Å². The number of piperidine rings is 1. The van der Waals surface area contributed by atoms with Gasteiger partial charge >= 0.3 is 0 Å². The maximum atomic E-state index is 5.42. The van der Waals surface area contributed by atoms with Gasteiger partial charge < -0.3 is 14.2 Å². The summed E-state index contributed by atoms with van der Waals surface area (Å²) in [6.45, 7) is 3.73. The average Bonchev–Trinajstić information content (AvgIpc) is 3.04. The fraction of sp³-hybridized carbons (Fsp3) is 0.571. The molecule has 0 radical (unpaired) electrons. The summed E-state index contributed by atoms with van der Waals surface area (Å²) in [6, 6.07) is 3.64. The molecule has 1 atom stereocenters. The molecule has 0 bridgehead atoms. The summed E-state index contributed by atoms with van der Waals surface area (Å²) in [7, 11) is 1.73. The molecular weight excluding hydrogens is 270 g/mol. The molecule has 0 aromatic carbocycles. The molecular formula is C14H19N5O2. The van der Waals surface area contributed by atoms with Crippen LogP contribution in [0.25, 0.3) is 11.5 Å². The Labute approximate surface area is 123 Å². The molecule has 0 aliphatic carbocycles. The van der Waals surface area contributed by atoms with E-state index in [1.807, 2.05) is 12.1 Å². The van der Waals surface area contributed by atoms with Crippen LogP contribution in [0.1, 0.15) is 24.7 Å². The number of methoxy groups -OCH3 is 1. The van der Waals surface area contributed by atoms with Gasteiger partial charge in [0.15, 0.2) is 0 Å². The largest absolute Gasteiger partial charge is 0.383 e. The molecule has 0 unspecified atom stereocenters. The minimum absolute atomic E-state index is 0.286. The number of rotatable bonds is 5. The predicted octanol–water partition coefficient (Wildman–Crippen LogP) is 1.35. The Balaban J connectivity index is 1.68. The smallest absolute Gasteiger partial charge is 0.231 e. The van der Waals surface area contributed by atoms with Gasteiger partial charge in [0.25, 0.3) is 0 Å². The Morgan fingerprint density at radius 3 is 3.24 bits per heavy atom. The standard InChI is InChI=1S/C14H19N5O2/c1-20-9-8-19-7-3-4-11(10-19)14-16-13(18-21-14)12-5-2-6-15-17-12/h2,5-6,11H,3-4,7-10H2,1H3/t11-/m1/s1. The third kappa shape index (κ3) is 3.43. The fourth-order valence-corrected chi connectivity index (χ4v) is 2.61. The second kappa shape index (κ2) is 6.73. The summed E-state index contributed by atoms with van der Waals surface area (Å²) >= 11 is 0. The molecule has 1 saturated heterocycles. The van der Waals surface area contributed by atoms with Gasteiger partial charge in [0.2, 0.25) is 11.7 Å². The number of likely N-dealkylation sites (tertiary alicyclic amines) is 1. The van der Waals surface area contributed by atoms with Crippen molar-refractivity contribution in [2.75, 3.05) is 33.4 Å². The zero-order valence-electron chi connectivity index (χ0n) is 12.1. The van der Waals surface area contributed by atoms with Crippen LogP contribution in [0.3, 0.4) is 0 Å². The third-order valence-corrected chi connectivity index (χ3v) is 3.71. The van der Waals surface area contributed by atoms with Gasteiger partial charge in [0.05, 0.1) is 12.5 Å². The van der Waals surface area contributed by atoms with Crippen molar-refractivity contribution in [3.05, 3.63) is 24.2 Å². The van der Waals surface area contributed by atoms with E-state index in [2.05, 4.69) is 25.2 Å². The van der Waals surface area contributed by atoms with E-state index in [4.69, 9.17) is 9.26 Å². The minimum Gasteiger partial charge on any atom is -0.383 e. The lowest BCUT2D eigenvalue weighted by molar-refractivity contribution is 0.122. The molecule has 1 aliphatic rings. The third-order valence-electron chi connectivity index (χ3n) is 3.71. The first-order valence-electron chi connectivity index (χ1n) is 7.20. The normalized spacial score (nSPS) is 19.8. The molecule has 21 heavy (non-hydrogen) atoms. The van der Waals surface area contributed by atoms with Crippen molar-refractivity contribution >= 4 is 0 Å². The van der Waals surface area contributed by atoms with Crippen LogP contribution in [0.2, 0.25) is 0 Å². The fourth-order valence-electron chi connectivity index (χ4n) is 2.61. The van der Waals surface area contributed by atoms with Crippen LogP contribution in [0.15, 0.2) is 22.9 Å². The van der Waals surface area contributed by atoms with E-state index in [1.165, 1.54) is 0 Å². The topological polar surface area (TPSA) is 77.2 Å². The summed E-state index contributed by atoms with van der Waals surface area (Å²) in [4.78, 5) is 6.86. The van der Waals surface area contributed by atoms with Gasteiger partial charge in [-0.1, -0.05) is 5.16 Å². The molecule has 7 heteroatoms. The van der Waals surface area contributed by atoms with Gasteiger partial charge in [0.1, 0.15) is 5.69 Å². The molecule has 0 spiro atoms. The maximum absolute atomic E-state index is 5.42. The van der Waals surface area contributed by atoms with Crippen molar-refractivity contribution in [2.24, 2.45) is 0 Å². The first-order chi connectivity index (χ1) is 10.4. The Hall–Kier alpha value is -1.86. The molecule has 7 nitrogen and oxygen atoms in total. The molecule has 1 aliphatic heterocycles. The van der Waals surface area contributed by atoms with Crippen LogP contribution in [0.4, 0.5) is 0 Å². The van der Waals surface area contributed by atoms with E-state index in [0.717, 1.165) is 39.1 Å². The lowest BCUT2D eigenvalue weighted by Gasteiger charge is -2.30. The van der Waals surface area contributed by atoms with Crippen molar-refractivity contribution in [1.82, 2.24) is 25.2 Å². The van der Waals surface area contributed by atoms with Gasteiger partial charge in [-0.25, -0.2) is 0 Å².